The van der Waals surface area contributed by atoms with Crippen LogP contribution in [-0.4, -0.2) is 6.41 Å². The van der Waals surface area contributed by atoms with Crippen LogP contribution in [0.15, 0.2) is 36.5 Å². The van der Waals surface area contributed by atoms with E-state index in [0.717, 1.165) is 12.8 Å². The van der Waals surface area contributed by atoms with Crippen LogP contribution in [0.3, 0.4) is 0 Å². The first-order valence-corrected chi connectivity index (χ1v) is 8.39. The Labute approximate surface area is 142 Å². The Morgan fingerprint density at radius 2 is 1.16 bits per heavy atom. The predicted octanol–water partition coefficient (Wildman–Crippen LogP) is 4.95. The molecule has 0 saturated carbocycles. The molecule has 0 atom stereocenters. The van der Waals surface area contributed by atoms with Gasteiger partial charge in [-0.2, -0.15) is 12.2 Å². The summed E-state index contributed by atoms with van der Waals surface area (Å²) in [4.78, 5) is 0. The van der Waals surface area contributed by atoms with Crippen molar-refractivity contribution < 1.29 is 22.3 Å². The quantitative estimate of drug-likeness (QED) is 0.523. The Hall–Kier alpha value is 0.163. The van der Waals surface area contributed by atoms with Crippen molar-refractivity contribution in [2.75, 3.05) is 0 Å². The molecule has 0 fully saturated rings. The van der Waals surface area contributed by atoms with Gasteiger partial charge < -0.3 is 0 Å². The molecule has 0 amide bonds. The summed E-state index contributed by atoms with van der Waals surface area (Å²) in [5.41, 5.74) is 0. The van der Waals surface area contributed by atoms with E-state index >= 15 is 0 Å². The van der Waals surface area contributed by atoms with Crippen molar-refractivity contribution in [2.45, 2.75) is 40.5 Å². The minimum atomic E-state index is -0.128. The van der Waals surface area contributed by atoms with Crippen molar-refractivity contribution in [3.63, 3.8) is 0 Å². The summed E-state index contributed by atoms with van der Waals surface area (Å²) < 4.78 is 3.34. The zero-order valence-corrected chi connectivity index (χ0v) is 16.3. The fourth-order valence-electron chi connectivity index (χ4n) is 1.18. The molecule has 0 spiro atoms. The molecular formula is C16H24Cl2Zr-2. The molecule has 19 heavy (non-hydrogen) atoms. The standard InChI is InChI=1S/2C5H5.2C3H6.2ClH.Zr/c2*1-2-4-5-3-1;2*1-3-2;;;/h2*1-3H,4H2;2*1-2H3;2*1H;/q2*-1;;;;;. The normalized spacial score (nSPS) is 12.0. The van der Waals surface area contributed by atoms with Crippen LogP contribution < -0.4 is 0 Å². The number of halogens is 2. The number of rotatable bonds is 0. The largest absolute Gasteiger partial charge is 0.273 e. The molecule has 0 aromatic heterocycles. The Kier molecular flexibility index (Phi) is 23.1. The monoisotopic (exact) mass is 376 g/mol. The Morgan fingerprint density at radius 1 is 0.789 bits per heavy atom. The third-order valence-corrected chi connectivity index (χ3v) is 4.13. The Bertz CT molecular complexity index is 320. The van der Waals surface area contributed by atoms with Gasteiger partial charge in [-0.1, -0.05) is 0 Å². The van der Waals surface area contributed by atoms with E-state index in [1.165, 1.54) is 0 Å². The molecule has 2 aliphatic carbocycles. The SMILES string of the molecule is C[C](C)=[Zr]=[C](C)C.Cl.Cl.[C-]1=CC=CC1.[C-]1=CC=CC1. The third kappa shape index (κ3) is 23.7. The van der Waals surface area contributed by atoms with Crippen molar-refractivity contribution in [2.24, 2.45) is 0 Å². The molecule has 0 saturated heterocycles. The first kappa shape index (κ1) is 24.2. The molecule has 0 unspecified atom stereocenters. The van der Waals surface area contributed by atoms with Crippen molar-refractivity contribution in [3.8, 4) is 0 Å². The van der Waals surface area contributed by atoms with E-state index in [1.54, 1.807) is 6.41 Å². The zero-order valence-electron chi connectivity index (χ0n) is 12.2. The van der Waals surface area contributed by atoms with Crippen molar-refractivity contribution in [3.05, 3.63) is 48.6 Å². The van der Waals surface area contributed by atoms with E-state index in [4.69, 9.17) is 0 Å². The minimum absolute atomic E-state index is 0. The maximum atomic E-state index is 2.99. The van der Waals surface area contributed by atoms with Crippen molar-refractivity contribution in [1.82, 2.24) is 0 Å². The van der Waals surface area contributed by atoms with Crippen LogP contribution in [0, 0.1) is 12.2 Å². The fourth-order valence-corrected chi connectivity index (χ4v) is 3.64. The van der Waals surface area contributed by atoms with Crippen LogP contribution in [0.1, 0.15) is 40.5 Å². The number of hydrogen-bond donors (Lipinski definition) is 0. The fraction of sp³-hybridized carbons (Fsp3) is 0.375. The van der Waals surface area contributed by atoms with Gasteiger partial charge >= 0.3 is 56.4 Å². The molecule has 2 aliphatic rings. The average Bonchev–Trinajstić information content (AvgIpc) is 2.96. The summed E-state index contributed by atoms with van der Waals surface area (Å²) in [6, 6.07) is 0. The predicted molar refractivity (Wildman–Crippen MR) is 90.3 cm³/mol. The average molecular weight is 378 g/mol. The Balaban J connectivity index is -0.000000194. The summed E-state index contributed by atoms with van der Waals surface area (Å²) in [6.45, 7) is 8.94. The van der Waals surface area contributed by atoms with Gasteiger partial charge in [0, 0.05) is 0 Å². The van der Waals surface area contributed by atoms with Crippen LogP contribution >= 0.6 is 24.8 Å². The van der Waals surface area contributed by atoms with Gasteiger partial charge in [0.2, 0.25) is 0 Å². The van der Waals surface area contributed by atoms with Gasteiger partial charge in [0.05, 0.1) is 0 Å². The second-order valence-corrected chi connectivity index (χ2v) is 9.66. The zero-order chi connectivity index (χ0) is 12.9. The summed E-state index contributed by atoms with van der Waals surface area (Å²) in [6.07, 6.45) is 20.0. The van der Waals surface area contributed by atoms with E-state index in [1.807, 2.05) is 24.3 Å². The van der Waals surface area contributed by atoms with Gasteiger partial charge in [-0.25, -0.2) is 24.3 Å². The van der Waals surface area contributed by atoms with Gasteiger partial charge in [-0.15, -0.1) is 37.7 Å². The molecular weight excluding hydrogens is 354 g/mol. The summed E-state index contributed by atoms with van der Waals surface area (Å²) in [7, 11) is 0. The molecule has 0 aromatic carbocycles. The molecule has 0 nitrogen and oxygen atoms in total. The molecule has 0 N–H and O–H groups in total. The van der Waals surface area contributed by atoms with Crippen molar-refractivity contribution >= 4 is 31.2 Å². The van der Waals surface area contributed by atoms with Crippen molar-refractivity contribution in [1.29, 1.82) is 0 Å². The van der Waals surface area contributed by atoms with Crippen LogP contribution in [0.5, 0.6) is 0 Å². The van der Waals surface area contributed by atoms with E-state index in [2.05, 4.69) is 52.0 Å². The topological polar surface area (TPSA) is 0 Å². The molecule has 0 radical (unpaired) electrons. The van der Waals surface area contributed by atoms with Gasteiger partial charge in [-0.3, -0.25) is 12.2 Å². The van der Waals surface area contributed by atoms with Gasteiger partial charge in [-0.05, 0) is 0 Å². The molecule has 0 aliphatic heterocycles. The molecule has 0 aromatic rings. The second kappa shape index (κ2) is 18.2. The number of hydrogen-bond acceptors (Lipinski definition) is 0. The van der Waals surface area contributed by atoms with E-state index in [-0.39, 0.29) is 47.1 Å². The third-order valence-electron chi connectivity index (χ3n) is 1.67. The maximum absolute atomic E-state index is 2.99. The van der Waals surface area contributed by atoms with Crippen LogP contribution in [0.4, 0.5) is 0 Å². The first-order valence-electron chi connectivity index (χ1n) is 5.93. The van der Waals surface area contributed by atoms with Crippen LogP contribution in [0.25, 0.3) is 0 Å². The summed E-state index contributed by atoms with van der Waals surface area (Å²) in [5, 5.41) is 0. The van der Waals surface area contributed by atoms with Gasteiger partial charge in [0.25, 0.3) is 0 Å². The summed E-state index contributed by atoms with van der Waals surface area (Å²) >= 11 is -0.128. The molecule has 0 heterocycles. The van der Waals surface area contributed by atoms with E-state index < -0.39 is 0 Å². The minimum Gasteiger partial charge on any atom is -0.273 e. The Morgan fingerprint density at radius 3 is 1.21 bits per heavy atom. The van der Waals surface area contributed by atoms with Crippen LogP contribution in [0.2, 0.25) is 0 Å². The maximum Gasteiger partial charge on any atom is -0.109 e. The van der Waals surface area contributed by atoms with Crippen LogP contribution in [-0.2, 0) is 22.3 Å². The molecule has 2 rings (SSSR count). The molecule has 108 valence electrons. The first-order chi connectivity index (χ1) is 8.13. The summed E-state index contributed by atoms with van der Waals surface area (Å²) in [5.74, 6) is 0. The molecule has 3 heteroatoms. The van der Waals surface area contributed by atoms with Gasteiger partial charge in [0.15, 0.2) is 0 Å². The smallest absolute Gasteiger partial charge is 0.109 e. The van der Waals surface area contributed by atoms with Gasteiger partial charge in [0.1, 0.15) is 0 Å². The van der Waals surface area contributed by atoms with E-state index in [0.29, 0.717) is 0 Å². The molecule has 0 bridgehead atoms. The van der Waals surface area contributed by atoms with E-state index in [9.17, 15) is 0 Å². The number of allylic oxidation sites excluding steroid dienone is 8. The second-order valence-electron chi connectivity index (χ2n) is 4.13.